The molecule has 0 spiro atoms. The Morgan fingerprint density at radius 1 is 1.07 bits per heavy atom. The van der Waals surface area contributed by atoms with Gasteiger partial charge in [0, 0.05) is 29.7 Å². The fraction of sp³-hybridized carbons (Fsp3) is 0.750. The van der Waals surface area contributed by atoms with Crippen LogP contribution in [0, 0.1) is 28.6 Å². The van der Waals surface area contributed by atoms with Crippen LogP contribution in [0.15, 0.2) is 23.3 Å². The molecule has 0 aliphatic heterocycles. The van der Waals surface area contributed by atoms with Crippen molar-refractivity contribution < 1.29 is 51.8 Å². The van der Waals surface area contributed by atoms with Crippen molar-refractivity contribution in [1.82, 2.24) is 5.32 Å². The first-order valence-corrected chi connectivity index (χ1v) is 17.5. The van der Waals surface area contributed by atoms with Gasteiger partial charge in [0.25, 0.3) is 10.1 Å². The third kappa shape index (κ3) is 7.21. The molecule has 7 atom stereocenters. The van der Waals surface area contributed by atoms with Gasteiger partial charge < -0.3 is 25.0 Å². The smallest absolute Gasteiger partial charge is 0.434 e. The number of carbonyl (C=O) groups is 4. The fourth-order valence-electron chi connectivity index (χ4n) is 8.72. The lowest BCUT2D eigenvalue weighted by atomic mass is 9.45. The number of fused-ring (bicyclic) bond motifs is 5. The average molecular weight is 654 g/mol. The molecule has 3 fully saturated rings. The highest BCUT2D eigenvalue weighted by Crippen LogP contribution is 2.68. The molecule has 4 aliphatic rings. The van der Waals surface area contributed by atoms with Crippen LogP contribution in [0.3, 0.4) is 0 Å². The van der Waals surface area contributed by atoms with Crippen LogP contribution in [-0.2, 0) is 34.0 Å². The van der Waals surface area contributed by atoms with Gasteiger partial charge in [0.15, 0.2) is 12.4 Å². The Hall–Kier alpha value is -2.61. The number of hydrogen-bond acceptors (Lipinski definition) is 10. The van der Waals surface area contributed by atoms with Crippen molar-refractivity contribution in [2.24, 2.45) is 28.6 Å². The minimum Gasteiger partial charge on any atom is -0.434 e. The number of allylic oxidation sites excluding steroid dienone is 4. The van der Waals surface area contributed by atoms with Crippen molar-refractivity contribution in [3.63, 3.8) is 0 Å². The molecule has 12 nitrogen and oxygen atoms in total. The number of carbonyl (C=O) groups excluding carboxylic acids is 4. The second kappa shape index (κ2) is 13.6. The van der Waals surface area contributed by atoms with Gasteiger partial charge in [0.2, 0.25) is 11.7 Å². The van der Waals surface area contributed by atoms with E-state index in [2.05, 4.69) is 12.2 Å². The first kappa shape index (κ1) is 35.2. The number of ketones is 2. The Balaban J connectivity index is 1.22. The molecule has 4 aliphatic carbocycles. The fourth-order valence-corrected chi connectivity index (χ4v) is 9.23. The Morgan fingerprint density at radius 2 is 1.80 bits per heavy atom. The van der Waals surface area contributed by atoms with Crippen LogP contribution >= 0.6 is 0 Å². The van der Waals surface area contributed by atoms with Gasteiger partial charge >= 0.3 is 6.16 Å². The summed E-state index contributed by atoms with van der Waals surface area (Å²) in [5, 5.41) is 26.0. The first-order valence-electron chi connectivity index (χ1n) is 15.9. The van der Waals surface area contributed by atoms with Crippen LogP contribution in [0.2, 0.25) is 0 Å². The van der Waals surface area contributed by atoms with Crippen LogP contribution < -0.4 is 5.32 Å². The lowest BCUT2D eigenvalue weighted by Gasteiger charge is -2.60. The standard InChI is InChI=1S/C32H47NO11S/c1-20-16-22(34)17-21-9-10-23-24-11-12-32(39,30(24,2)18-25(35)28(23)31(20,21)3)26(36)19-44-29(38)43-14-6-4-5-8-27(37)33-13-7-15-45(40,41)42/h16-17,23-25,28,35,39H,4-15,18-19H2,1-3H3,(H,33,37)(H,40,41,42)/t23-,24-,25?,28+,30-,31-,32-/m0/s1. The maximum Gasteiger partial charge on any atom is 0.508 e. The van der Waals surface area contributed by atoms with Crippen LogP contribution in [0.4, 0.5) is 4.79 Å². The Labute approximate surface area is 264 Å². The summed E-state index contributed by atoms with van der Waals surface area (Å²) in [5.41, 5.74) is -1.13. The highest BCUT2D eigenvalue weighted by molar-refractivity contribution is 7.85. The molecule has 0 bridgehead atoms. The maximum absolute atomic E-state index is 13.4. The molecule has 0 aromatic carbocycles. The Kier molecular flexibility index (Phi) is 10.7. The summed E-state index contributed by atoms with van der Waals surface area (Å²) in [7, 11) is -4.05. The average Bonchev–Trinajstić information content (AvgIpc) is 3.22. The molecule has 1 amide bonds. The van der Waals surface area contributed by atoms with E-state index >= 15 is 0 Å². The van der Waals surface area contributed by atoms with Gasteiger partial charge in [-0.25, -0.2) is 4.79 Å². The third-order valence-electron chi connectivity index (χ3n) is 11.1. The zero-order valence-electron chi connectivity index (χ0n) is 26.4. The van der Waals surface area contributed by atoms with Crippen molar-refractivity contribution in [1.29, 1.82) is 0 Å². The van der Waals surface area contributed by atoms with E-state index < -0.39 is 57.0 Å². The number of Topliss-reactive ketones (excluding diaryl/α,β-unsaturated/α-hetero) is 1. The zero-order chi connectivity index (χ0) is 33.2. The van der Waals surface area contributed by atoms with E-state index in [-0.39, 0.29) is 68.3 Å². The zero-order valence-corrected chi connectivity index (χ0v) is 27.2. The van der Waals surface area contributed by atoms with Gasteiger partial charge in [-0.1, -0.05) is 25.0 Å². The lowest BCUT2D eigenvalue weighted by molar-refractivity contribution is -0.179. The third-order valence-corrected chi connectivity index (χ3v) is 11.9. The predicted molar refractivity (Wildman–Crippen MR) is 162 cm³/mol. The molecule has 0 radical (unpaired) electrons. The summed E-state index contributed by atoms with van der Waals surface area (Å²) in [6.45, 7) is 5.43. The van der Waals surface area contributed by atoms with Gasteiger partial charge in [-0.15, -0.1) is 0 Å². The van der Waals surface area contributed by atoms with E-state index in [4.69, 9.17) is 14.0 Å². The van der Waals surface area contributed by atoms with Crippen molar-refractivity contribution in [2.45, 2.75) is 96.7 Å². The van der Waals surface area contributed by atoms with Crippen LogP contribution in [-0.4, -0.2) is 84.0 Å². The number of rotatable bonds is 13. The molecule has 252 valence electrons. The molecule has 13 heteroatoms. The normalized spacial score (nSPS) is 34.0. The molecule has 0 aromatic heterocycles. The number of hydrogen-bond donors (Lipinski definition) is 4. The monoisotopic (exact) mass is 653 g/mol. The molecule has 0 aromatic rings. The largest absolute Gasteiger partial charge is 0.508 e. The number of aliphatic hydroxyl groups is 2. The highest BCUT2D eigenvalue weighted by atomic mass is 32.2. The van der Waals surface area contributed by atoms with Gasteiger partial charge in [0.1, 0.15) is 5.60 Å². The summed E-state index contributed by atoms with van der Waals surface area (Å²) >= 11 is 0. The molecular weight excluding hydrogens is 606 g/mol. The van der Waals surface area contributed by atoms with Gasteiger partial charge in [-0.3, -0.25) is 18.9 Å². The second-order valence-corrected chi connectivity index (χ2v) is 15.2. The summed E-state index contributed by atoms with van der Waals surface area (Å²) in [5.74, 6) is -1.40. The molecule has 45 heavy (non-hydrogen) atoms. The van der Waals surface area contributed by atoms with E-state index in [1.165, 1.54) is 0 Å². The minimum atomic E-state index is -4.05. The van der Waals surface area contributed by atoms with Crippen molar-refractivity contribution in [3.8, 4) is 0 Å². The maximum atomic E-state index is 13.4. The summed E-state index contributed by atoms with van der Waals surface area (Å²) < 4.78 is 40.2. The quantitative estimate of drug-likeness (QED) is 0.130. The topological polar surface area (TPSA) is 194 Å². The lowest BCUT2D eigenvalue weighted by Crippen LogP contribution is -2.62. The van der Waals surface area contributed by atoms with Crippen molar-refractivity contribution >= 4 is 33.7 Å². The summed E-state index contributed by atoms with van der Waals surface area (Å²) in [6.07, 6.45) is 5.95. The SMILES string of the molecule is CC1=CC(=O)C=C2CC[C@@H]3[C@H](C(O)C[C@@]4(C)[C@H]3CC[C@]4(O)C(=O)COC(=O)OCCCCCC(=O)NCCCS(=O)(=O)O)[C@@]12C. The molecule has 0 heterocycles. The Morgan fingerprint density at radius 3 is 2.51 bits per heavy atom. The molecule has 0 saturated heterocycles. The van der Waals surface area contributed by atoms with E-state index in [1.807, 2.05) is 13.8 Å². The van der Waals surface area contributed by atoms with Crippen LogP contribution in [0.1, 0.15) is 85.0 Å². The van der Waals surface area contributed by atoms with E-state index in [0.717, 1.165) is 24.0 Å². The predicted octanol–water partition coefficient (Wildman–Crippen LogP) is 3.06. The van der Waals surface area contributed by atoms with E-state index in [0.29, 0.717) is 25.7 Å². The van der Waals surface area contributed by atoms with Crippen molar-refractivity contribution in [3.05, 3.63) is 23.3 Å². The van der Waals surface area contributed by atoms with Crippen LogP contribution in [0.5, 0.6) is 0 Å². The number of nitrogens with one attached hydrogen (secondary N) is 1. The molecule has 1 unspecified atom stereocenters. The highest BCUT2D eigenvalue weighted by Gasteiger charge is 2.68. The van der Waals surface area contributed by atoms with E-state index in [9.17, 15) is 37.8 Å². The second-order valence-electron chi connectivity index (χ2n) is 13.6. The first-order chi connectivity index (χ1) is 21.0. The summed E-state index contributed by atoms with van der Waals surface area (Å²) in [6, 6.07) is 0. The van der Waals surface area contributed by atoms with Crippen LogP contribution in [0.25, 0.3) is 0 Å². The molecule has 3 saturated carbocycles. The minimum absolute atomic E-state index is 0.0191. The van der Waals surface area contributed by atoms with E-state index in [1.54, 1.807) is 12.2 Å². The van der Waals surface area contributed by atoms with Gasteiger partial charge in [-0.05, 0) is 88.7 Å². The summed E-state index contributed by atoms with van der Waals surface area (Å²) in [4.78, 5) is 49.6. The van der Waals surface area contributed by atoms with Gasteiger partial charge in [0.05, 0.1) is 18.5 Å². The Bertz CT molecular complexity index is 1360. The molecular formula is C32H47NO11S. The van der Waals surface area contributed by atoms with Crippen molar-refractivity contribution in [2.75, 3.05) is 25.5 Å². The molecule has 4 N–H and O–H groups in total. The number of aliphatic hydroxyl groups excluding tert-OH is 1. The van der Waals surface area contributed by atoms with Gasteiger partial charge in [-0.2, -0.15) is 8.42 Å². The number of ether oxygens (including phenoxy) is 2. The molecule has 4 rings (SSSR count). The number of amides is 1. The number of unbranched alkanes of at least 4 members (excludes halogenated alkanes) is 2.